The number of fused-ring (bicyclic) bond motifs is 6. The molecule has 0 N–H and O–H groups in total. The van der Waals surface area contributed by atoms with Gasteiger partial charge in [0, 0.05) is 23.7 Å². The van der Waals surface area contributed by atoms with E-state index in [4.69, 9.17) is 9.98 Å². The van der Waals surface area contributed by atoms with E-state index in [0.717, 1.165) is 27.9 Å². The molecule has 1 radical (unpaired) electrons. The van der Waals surface area contributed by atoms with Crippen molar-refractivity contribution >= 4 is 49.9 Å². The fourth-order valence-electron chi connectivity index (χ4n) is 4.16. The number of rotatable bonds is 1. The SMILES string of the molecule is C1=Cc2c(ccc3ccccc23)[N+]=C1c1cc2ccccc2c2cccnc12. The molecular weight excluding hydrogens is 340 g/mol. The zero-order valence-corrected chi connectivity index (χ0v) is 15.1. The molecule has 1 aliphatic rings. The minimum Gasteiger partial charge on any atom is -0.255 e. The number of nitrogens with zero attached hydrogens (tertiary/aromatic N) is 2. The van der Waals surface area contributed by atoms with Gasteiger partial charge in [-0.2, -0.15) is 0 Å². The van der Waals surface area contributed by atoms with Gasteiger partial charge in [0.25, 0.3) is 11.4 Å². The van der Waals surface area contributed by atoms with Crippen molar-refractivity contribution in [3.05, 3.63) is 102 Å². The second-order valence-corrected chi connectivity index (χ2v) is 7.09. The molecule has 0 unspecified atom stereocenters. The first-order chi connectivity index (χ1) is 13.9. The van der Waals surface area contributed by atoms with Crippen LogP contribution in [0.15, 0.2) is 91.1 Å². The summed E-state index contributed by atoms with van der Waals surface area (Å²) in [5.74, 6) is 0. The number of aromatic nitrogens is 1. The standard InChI is InChI=1S/C26H16N2/c1-3-8-19-17(6-1)11-13-24-21(19)12-14-25(28-24)23-16-18-7-2-4-9-20(18)22-10-5-15-27-26(22)23/h1-16H/q+1. The summed E-state index contributed by atoms with van der Waals surface area (Å²) in [5, 5.41) is 6.07. The lowest BCUT2D eigenvalue weighted by Gasteiger charge is -2.08. The molecule has 129 valence electrons. The monoisotopic (exact) mass is 356 g/mol. The van der Waals surface area contributed by atoms with E-state index in [1.165, 1.54) is 27.1 Å². The second kappa shape index (κ2) is 5.86. The summed E-state index contributed by atoms with van der Waals surface area (Å²) in [7, 11) is 0. The lowest BCUT2D eigenvalue weighted by Crippen LogP contribution is -2.09. The Hall–Kier alpha value is -3.78. The molecule has 2 heterocycles. The van der Waals surface area contributed by atoms with Crippen LogP contribution in [-0.4, -0.2) is 10.7 Å². The van der Waals surface area contributed by atoms with E-state index >= 15 is 0 Å². The highest BCUT2D eigenvalue weighted by atomic mass is 14.8. The van der Waals surface area contributed by atoms with Crippen LogP contribution in [0.2, 0.25) is 0 Å². The van der Waals surface area contributed by atoms with Crippen molar-refractivity contribution in [3.8, 4) is 0 Å². The van der Waals surface area contributed by atoms with E-state index in [1.54, 1.807) is 0 Å². The molecular formula is C26H16N2+. The van der Waals surface area contributed by atoms with Gasteiger partial charge in [0.1, 0.15) is 0 Å². The normalized spacial score (nSPS) is 13.1. The number of benzene rings is 4. The van der Waals surface area contributed by atoms with Crippen molar-refractivity contribution in [1.82, 2.24) is 9.98 Å². The molecule has 0 saturated heterocycles. The van der Waals surface area contributed by atoms with Crippen LogP contribution >= 0.6 is 0 Å². The van der Waals surface area contributed by atoms with Crippen LogP contribution < -0.4 is 4.99 Å². The highest BCUT2D eigenvalue weighted by Crippen LogP contribution is 2.32. The molecule has 0 atom stereocenters. The summed E-state index contributed by atoms with van der Waals surface area (Å²) in [4.78, 5) is 9.71. The van der Waals surface area contributed by atoms with Gasteiger partial charge in [0.2, 0.25) is 0 Å². The Kier molecular flexibility index (Phi) is 3.20. The molecule has 0 bridgehead atoms. The van der Waals surface area contributed by atoms with Crippen molar-refractivity contribution in [2.75, 3.05) is 0 Å². The molecule has 28 heavy (non-hydrogen) atoms. The quantitative estimate of drug-likeness (QED) is 0.337. The van der Waals surface area contributed by atoms with Gasteiger partial charge in [-0.1, -0.05) is 54.6 Å². The van der Waals surface area contributed by atoms with Gasteiger partial charge in [-0.05, 0) is 45.8 Å². The molecule has 1 aliphatic heterocycles. The molecule has 6 rings (SSSR count). The van der Waals surface area contributed by atoms with Crippen molar-refractivity contribution in [1.29, 1.82) is 0 Å². The predicted octanol–water partition coefficient (Wildman–Crippen LogP) is 6.02. The number of hydrogen-bond donors (Lipinski definition) is 0. The molecule has 2 heteroatoms. The van der Waals surface area contributed by atoms with Gasteiger partial charge in [0.15, 0.2) is 0 Å². The van der Waals surface area contributed by atoms with Crippen LogP contribution in [-0.2, 0) is 0 Å². The molecule has 5 aromatic rings. The summed E-state index contributed by atoms with van der Waals surface area (Å²) >= 11 is 0. The zero-order valence-electron chi connectivity index (χ0n) is 15.1. The van der Waals surface area contributed by atoms with Gasteiger partial charge >= 0.3 is 0 Å². The van der Waals surface area contributed by atoms with E-state index in [-0.39, 0.29) is 0 Å². The van der Waals surface area contributed by atoms with Crippen LogP contribution in [0.1, 0.15) is 11.1 Å². The fraction of sp³-hybridized carbons (Fsp3) is 0. The minimum atomic E-state index is 0.956. The molecule has 0 saturated carbocycles. The molecule has 0 aliphatic carbocycles. The Balaban J connectivity index is 1.63. The van der Waals surface area contributed by atoms with Crippen molar-refractivity contribution in [3.63, 3.8) is 0 Å². The Morgan fingerprint density at radius 3 is 2.36 bits per heavy atom. The molecule has 2 nitrogen and oxygen atoms in total. The first-order valence-electron chi connectivity index (χ1n) is 9.44. The summed E-state index contributed by atoms with van der Waals surface area (Å²) in [6, 6.07) is 27.5. The van der Waals surface area contributed by atoms with Crippen LogP contribution in [0.25, 0.3) is 38.5 Å². The van der Waals surface area contributed by atoms with E-state index < -0.39 is 0 Å². The smallest absolute Gasteiger partial charge is 0.255 e. The zero-order chi connectivity index (χ0) is 18.5. The van der Waals surface area contributed by atoms with Crippen LogP contribution in [0.4, 0.5) is 5.69 Å². The number of pyridine rings is 1. The van der Waals surface area contributed by atoms with Gasteiger partial charge in [0.05, 0.1) is 21.6 Å². The maximum Gasteiger partial charge on any atom is 0.287 e. The molecule has 4 aromatic carbocycles. The number of aliphatic imine (C=N–C) groups is 1. The highest BCUT2D eigenvalue weighted by Gasteiger charge is 2.24. The van der Waals surface area contributed by atoms with Crippen molar-refractivity contribution in [2.24, 2.45) is 0 Å². The Labute approximate surface area is 162 Å². The van der Waals surface area contributed by atoms with E-state index in [2.05, 4.69) is 84.9 Å². The second-order valence-electron chi connectivity index (χ2n) is 7.09. The Morgan fingerprint density at radius 1 is 0.643 bits per heavy atom. The van der Waals surface area contributed by atoms with Gasteiger partial charge < -0.3 is 0 Å². The summed E-state index contributed by atoms with van der Waals surface area (Å²) in [6.45, 7) is 0. The third kappa shape index (κ3) is 2.21. The topological polar surface area (TPSA) is 27.0 Å². The number of allylic oxidation sites excluding steroid dienone is 1. The summed E-state index contributed by atoms with van der Waals surface area (Å²) in [5.41, 5.74) is 5.21. The fourth-order valence-corrected chi connectivity index (χ4v) is 4.16. The van der Waals surface area contributed by atoms with E-state index in [0.29, 0.717) is 0 Å². The Morgan fingerprint density at radius 2 is 1.43 bits per heavy atom. The van der Waals surface area contributed by atoms with Crippen LogP contribution in [0, 0.1) is 0 Å². The van der Waals surface area contributed by atoms with Gasteiger partial charge in [-0.3, -0.25) is 4.98 Å². The lowest BCUT2D eigenvalue weighted by molar-refractivity contribution is 1.35. The third-order valence-corrected chi connectivity index (χ3v) is 5.49. The van der Waals surface area contributed by atoms with Gasteiger partial charge in [-0.15, -0.1) is 0 Å². The molecule has 0 fully saturated rings. The maximum absolute atomic E-state index is 5.01. The number of hydrogen-bond acceptors (Lipinski definition) is 2. The molecule has 1 aromatic heterocycles. The van der Waals surface area contributed by atoms with Crippen molar-refractivity contribution < 1.29 is 0 Å². The highest BCUT2D eigenvalue weighted by molar-refractivity contribution is 6.23. The summed E-state index contributed by atoms with van der Waals surface area (Å²) in [6.07, 6.45) is 6.16. The van der Waals surface area contributed by atoms with E-state index in [9.17, 15) is 0 Å². The molecule has 0 spiro atoms. The third-order valence-electron chi connectivity index (χ3n) is 5.49. The minimum absolute atomic E-state index is 0.956. The van der Waals surface area contributed by atoms with E-state index in [1.807, 2.05) is 12.3 Å². The lowest BCUT2D eigenvalue weighted by atomic mass is 9.95. The molecule has 0 amide bonds. The Bertz CT molecular complexity index is 1460. The average Bonchev–Trinajstić information content (AvgIpc) is 2.78. The maximum atomic E-state index is 5.01. The largest absolute Gasteiger partial charge is 0.287 e. The average molecular weight is 356 g/mol. The van der Waals surface area contributed by atoms with Crippen molar-refractivity contribution in [2.45, 2.75) is 0 Å². The van der Waals surface area contributed by atoms with Crippen LogP contribution in [0.3, 0.4) is 0 Å². The first kappa shape index (κ1) is 15.3. The first-order valence-corrected chi connectivity index (χ1v) is 9.44. The van der Waals surface area contributed by atoms with Crippen LogP contribution in [0.5, 0.6) is 0 Å². The van der Waals surface area contributed by atoms with Gasteiger partial charge in [-0.25, -0.2) is 0 Å². The summed E-state index contributed by atoms with van der Waals surface area (Å²) < 4.78 is 0. The predicted molar refractivity (Wildman–Crippen MR) is 118 cm³/mol.